The predicted molar refractivity (Wildman–Crippen MR) is 180 cm³/mol. The highest BCUT2D eigenvalue weighted by Crippen LogP contribution is 2.68. The lowest BCUT2D eigenvalue weighted by Crippen LogP contribution is -2.58. The van der Waals surface area contributed by atoms with Crippen LogP contribution in [0.2, 0.25) is 0 Å². The van der Waals surface area contributed by atoms with Gasteiger partial charge in [-0.25, -0.2) is 9.59 Å². The number of ether oxygens (including phenoxy) is 2. The fourth-order valence-corrected chi connectivity index (χ4v) is 11.1. The Labute approximate surface area is 272 Å². The van der Waals surface area contributed by atoms with Crippen molar-refractivity contribution in [1.29, 1.82) is 0 Å². The van der Waals surface area contributed by atoms with E-state index in [4.69, 9.17) is 9.47 Å². The van der Waals surface area contributed by atoms with E-state index in [9.17, 15) is 9.59 Å². The second kappa shape index (κ2) is 13.2. The van der Waals surface area contributed by atoms with Gasteiger partial charge >= 0.3 is 11.9 Å². The molecule has 244 valence electrons. The third-order valence-electron chi connectivity index (χ3n) is 13.4. The molecule has 4 heteroatoms. The van der Waals surface area contributed by atoms with Gasteiger partial charge in [0.05, 0.1) is 11.1 Å². The lowest BCUT2D eigenvalue weighted by Gasteiger charge is -2.62. The van der Waals surface area contributed by atoms with E-state index in [1.54, 1.807) is 24.3 Å². The Balaban J connectivity index is 1.21. The Morgan fingerprint density at radius 2 is 1.33 bits per heavy atom. The molecule has 10 atom stereocenters. The minimum atomic E-state index is -0.448. The molecule has 2 aromatic carbocycles. The zero-order chi connectivity index (χ0) is 31.8. The first kappa shape index (κ1) is 32.3. The molecular weight excluding hydrogens is 556 g/mol. The van der Waals surface area contributed by atoms with Crippen molar-refractivity contribution in [3.05, 3.63) is 71.8 Å². The van der Waals surface area contributed by atoms with Crippen LogP contribution in [0.1, 0.15) is 126 Å². The first-order chi connectivity index (χ1) is 21.6. The number of fused-ring (bicyclic) bond motifs is 5. The number of hydrogen-bond donors (Lipinski definition) is 0. The first-order valence-corrected chi connectivity index (χ1v) is 18.1. The lowest BCUT2D eigenvalue weighted by molar-refractivity contribution is -0.163. The first-order valence-electron chi connectivity index (χ1n) is 18.1. The molecule has 4 aliphatic carbocycles. The Hall–Kier alpha value is -2.62. The second-order valence-electron chi connectivity index (χ2n) is 16.2. The minimum absolute atomic E-state index is 0.0719. The Morgan fingerprint density at radius 1 is 0.733 bits per heavy atom. The molecule has 0 N–H and O–H groups in total. The van der Waals surface area contributed by atoms with Crippen LogP contribution in [-0.4, -0.2) is 24.1 Å². The molecule has 0 aromatic heterocycles. The van der Waals surface area contributed by atoms with Crippen molar-refractivity contribution in [3.63, 3.8) is 0 Å². The molecule has 4 saturated carbocycles. The summed E-state index contributed by atoms with van der Waals surface area (Å²) in [5.74, 6) is 4.43. The van der Waals surface area contributed by atoms with Gasteiger partial charge in [0.2, 0.25) is 0 Å². The van der Waals surface area contributed by atoms with Crippen LogP contribution in [0.25, 0.3) is 0 Å². The van der Waals surface area contributed by atoms with Crippen LogP contribution in [0.4, 0.5) is 0 Å². The number of esters is 2. The van der Waals surface area contributed by atoms with Gasteiger partial charge in [-0.15, -0.1) is 0 Å². The summed E-state index contributed by atoms with van der Waals surface area (Å²) in [6, 6.07) is 18.5. The molecule has 0 radical (unpaired) electrons. The van der Waals surface area contributed by atoms with E-state index >= 15 is 0 Å². The monoisotopic (exact) mass is 612 g/mol. The van der Waals surface area contributed by atoms with Gasteiger partial charge in [-0.2, -0.15) is 0 Å². The van der Waals surface area contributed by atoms with Crippen molar-refractivity contribution in [2.24, 2.45) is 52.3 Å². The Kier molecular flexibility index (Phi) is 9.51. The molecule has 0 heterocycles. The van der Waals surface area contributed by atoms with E-state index < -0.39 is 12.2 Å². The molecule has 4 fully saturated rings. The van der Waals surface area contributed by atoms with Crippen LogP contribution >= 0.6 is 0 Å². The van der Waals surface area contributed by atoms with Crippen LogP contribution < -0.4 is 0 Å². The average Bonchev–Trinajstić information content (AvgIpc) is 3.39. The summed E-state index contributed by atoms with van der Waals surface area (Å²) in [6.07, 6.45) is 12.6. The van der Waals surface area contributed by atoms with Crippen molar-refractivity contribution in [2.75, 3.05) is 0 Å². The highest BCUT2D eigenvalue weighted by molar-refractivity contribution is 5.90. The molecule has 0 unspecified atom stereocenters. The van der Waals surface area contributed by atoms with Gasteiger partial charge in [-0.1, -0.05) is 90.3 Å². The Morgan fingerprint density at radius 3 is 1.96 bits per heavy atom. The predicted octanol–water partition coefficient (Wildman–Crippen LogP) is 10.2. The van der Waals surface area contributed by atoms with Crippen LogP contribution in [0, 0.1) is 52.3 Å². The molecule has 4 aliphatic rings. The number of benzene rings is 2. The lowest BCUT2D eigenvalue weighted by atomic mass is 9.44. The van der Waals surface area contributed by atoms with Crippen LogP contribution in [0.5, 0.6) is 0 Å². The van der Waals surface area contributed by atoms with Crippen molar-refractivity contribution >= 4 is 11.9 Å². The molecular formula is C41H56O4. The standard InChI is InChI=1S/C41H56O4/c1-27(2)13-12-14-28(3)33-21-22-34-32-20-19-31-25-36(44-38(42)29-15-8-6-9-16-29)37(45-39(43)30-17-10-7-11-18-30)26-41(31,5)35(32)23-24-40(33,34)4/h6-11,15-18,27-28,31-37H,12-14,19-26H2,1-5H3/t28-,31+,32+,33-,34+,35+,36+,37+,40-,41+/m1/s1. The molecule has 0 amide bonds. The molecule has 2 aromatic rings. The molecule has 45 heavy (non-hydrogen) atoms. The third-order valence-corrected chi connectivity index (χ3v) is 13.4. The molecule has 0 spiro atoms. The highest BCUT2D eigenvalue weighted by atomic mass is 16.6. The van der Waals surface area contributed by atoms with Crippen LogP contribution in [-0.2, 0) is 9.47 Å². The van der Waals surface area contributed by atoms with Gasteiger partial charge < -0.3 is 9.47 Å². The molecule has 0 aliphatic heterocycles. The topological polar surface area (TPSA) is 52.6 Å². The van der Waals surface area contributed by atoms with E-state index in [0.29, 0.717) is 28.4 Å². The SMILES string of the molecule is CC(C)CCC[C@@H](C)[C@H]1CC[C@H]2[C@@H]3CC[C@H]4C[C@H](OC(=O)c5ccccc5)[C@@H](OC(=O)c5ccccc5)C[C@]4(C)[C@H]3CC[C@]12C. The average molecular weight is 613 g/mol. The summed E-state index contributed by atoms with van der Waals surface area (Å²) in [5, 5.41) is 0. The highest BCUT2D eigenvalue weighted by Gasteiger charge is 2.62. The molecule has 4 nitrogen and oxygen atoms in total. The maximum absolute atomic E-state index is 13.4. The second-order valence-corrected chi connectivity index (χ2v) is 16.2. The summed E-state index contributed by atoms with van der Waals surface area (Å²) < 4.78 is 12.5. The minimum Gasteiger partial charge on any atom is -0.455 e. The van der Waals surface area contributed by atoms with E-state index in [1.807, 2.05) is 36.4 Å². The van der Waals surface area contributed by atoms with Gasteiger partial charge in [0.25, 0.3) is 0 Å². The fourth-order valence-electron chi connectivity index (χ4n) is 11.1. The zero-order valence-electron chi connectivity index (χ0n) is 28.4. The van der Waals surface area contributed by atoms with Gasteiger partial charge in [0.15, 0.2) is 0 Å². The number of hydrogen-bond acceptors (Lipinski definition) is 4. The van der Waals surface area contributed by atoms with Gasteiger partial charge in [-0.05, 0) is 128 Å². The van der Waals surface area contributed by atoms with Crippen molar-refractivity contribution in [1.82, 2.24) is 0 Å². The summed E-state index contributed by atoms with van der Waals surface area (Å²) in [4.78, 5) is 26.7. The quantitative estimate of drug-likeness (QED) is 0.264. The summed E-state index contributed by atoms with van der Waals surface area (Å²) in [7, 11) is 0. The zero-order valence-corrected chi connectivity index (χ0v) is 28.4. The van der Waals surface area contributed by atoms with Gasteiger partial charge in [0.1, 0.15) is 12.2 Å². The van der Waals surface area contributed by atoms with E-state index in [1.165, 1.54) is 57.8 Å². The summed E-state index contributed by atoms with van der Waals surface area (Å²) >= 11 is 0. The molecule has 0 saturated heterocycles. The van der Waals surface area contributed by atoms with E-state index in [-0.39, 0.29) is 17.4 Å². The maximum Gasteiger partial charge on any atom is 0.338 e. The van der Waals surface area contributed by atoms with Crippen molar-refractivity contribution in [3.8, 4) is 0 Å². The maximum atomic E-state index is 13.4. The molecule has 6 rings (SSSR count). The van der Waals surface area contributed by atoms with Crippen LogP contribution in [0.15, 0.2) is 60.7 Å². The number of carbonyl (C=O) groups is 2. The van der Waals surface area contributed by atoms with Crippen molar-refractivity contribution in [2.45, 2.75) is 117 Å². The summed E-state index contributed by atoms with van der Waals surface area (Å²) in [6.45, 7) is 12.4. The smallest absolute Gasteiger partial charge is 0.338 e. The molecule has 0 bridgehead atoms. The van der Waals surface area contributed by atoms with Crippen LogP contribution in [0.3, 0.4) is 0 Å². The summed E-state index contributed by atoms with van der Waals surface area (Å²) in [5.41, 5.74) is 1.61. The van der Waals surface area contributed by atoms with E-state index in [0.717, 1.165) is 42.4 Å². The third kappa shape index (κ3) is 6.37. The number of carbonyl (C=O) groups excluding carboxylic acids is 2. The largest absolute Gasteiger partial charge is 0.455 e. The number of rotatable bonds is 9. The Bertz CT molecular complexity index is 1310. The van der Waals surface area contributed by atoms with Gasteiger partial charge in [-0.3, -0.25) is 0 Å². The van der Waals surface area contributed by atoms with E-state index in [2.05, 4.69) is 34.6 Å². The fraction of sp³-hybridized carbons (Fsp3) is 0.659. The normalized spacial score (nSPS) is 36.4. The van der Waals surface area contributed by atoms with Crippen molar-refractivity contribution < 1.29 is 19.1 Å². The van der Waals surface area contributed by atoms with Gasteiger partial charge in [0, 0.05) is 0 Å².